The van der Waals surface area contributed by atoms with E-state index in [1.807, 2.05) is 6.07 Å². The number of nitrogens with two attached hydrogens (primary N) is 1. The first-order valence-electron chi connectivity index (χ1n) is 11.0. The van der Waals surface area contributed by atoms with Crippen molar-refractivity contribution in [2.75, 3.05) is 30.3 Å². The molecule has 4 aromatic rings. The van der Waals surface area contributed by atoms with Gasteiger partial charge in [-0.3, -0.25) is 4.98 Å². The van der Waals surface area contributed by atoms with Crippen LogP contribution >= 0.6 is 11.3 Å². The molecule has 1 aliphatic heterocycles. The number of pyridine rings is 1. The smallest absolute Gasteiger partial charge is 0.175 e. The summed E-state index contributed by atoms with van der Waals surface area (Å²) in [6, 6.07) is 4.65. The molecule has 0 amide bonds. The Hall–Kier alpha value is -3.42. The zero-order valence-corrected chi connectivity index (χ0v) is 19.3. The third kappa shape index (κ3) is 3.61. The minimum absolute atomic E-state index is 0.0207. The molecule has 174 valence electrons. The number of aryl methyl sites for hydroxylation is 1. The van der Waals surface area contributed by atoms with Crippen LogP contribution in [0.2, 0.25) is 0 Å². The second-order valence-electron chi connectivity index (χ2n) is 8.50. The molecule has 1 atom stereocenters. The van der Waals surface area contributed by atoms with Gasteiger partial charge in [0, 0.05) is 36.8 Å². The fourth-order valence-electron chi connectivity index (χ4n) is 4.75. The topological polar surface area (TPSA) is 112 Å². The number of rotatable bonds is 4. The van der Waals surface area contributed by atoms with Crippen molar-refractivity contribution in [2.45, 2.75) is 26.2 Å². The van der Waals surface area contributed by atoms with Gasteiger partial charge in [0.2, 0.25) is 0 Å². The molecule has 7 nitrogen and oxygen atoms in total. The summed E-state index contributed by atoms with van der Waals surface area (Å²) >= 11 is 0.956. The predicted molar refractivity (Wildman–Crippen MR) is 129 cm³/mol. The number of benzene rings is 1. The molecule has 5 rings (SSSR count). The summed E-state index contributed by atoms with van der Waals surface area (Å²) in [5.74, 6) is 0.187. The lowest BCUT2D eigenvalue weighted by molar-refractivity contribution is 0.244. The van der Waals surface area contributed by atoms with E-state index in [1.54, 1.807) is 6.92 Å². The van der Waals surface area contributed by atoms with Crippen molar-refractivity contribution in [3.8, 4) is 17.3 Å². The van der Waals surface area contributed by atoms with Crippen LogP contribution in [0.5, 0.6) is 0 Å². The lowest BCUT2D eigenvalue weighted by atomic mass is 9.95. The molecule has 1 aliphatic rings. The number of aliphatic hydroxyl groups excluding tert-OH is 1. The first kappa shape index (κ1) is 22.4. The number of hydrogen-bond acceptors (Lipinski definition) is 8. The van der Waals surface area contributed by atoms with Gasteiger partial charge in [-0.05, 0) is 44.2 Å². The van der Waals surface area contributed by atoms with E-state index in [0.29, 0.717) is 41.5 Å². The third-order valence-corrected chi connectivity index (χ3v) is 7.34. The Bertz CT molecular complexity index is 1460. The number of nitriles is 1. The molecule has 0 radical (unpaired) electrons. The van der Waals surface area contributed by atoms with E-state index in [-0.39, 0.29) is 38.5 Å². The SMILES string of the molecule is Cc1nc(N2CCC[C@H](CCO)C2)c2cnc(-c3ccc(F)c4sc(N)c(C#N)c34)c(F)c2n1. The lowest BCUT2D eigenvalue weighted by Gasteiger charge is -2.34. The third-order valence-electron chi connectivity index (χ3n) is 6.32. The number of aromatic nitrogens is 3. The zero-order valence-electron chi connectivity index (χ0n) is 18.5. The molecule has 0 saturated carbocycles. The molecule has 1 saturated heterocycles. The number of halogens is 2. The van der Waals surface area contributed by atoms with E-state index in [2.05, 4.69) is 19.9 Å². The summed E-state index contributed by atoms with van der Waals surface area (Å²) in [6.45, 7) is 3.33. The number of nitrogens with zero attached hydrogens (tertiary/aromatic N) is 5. The van der Waals surface area contributed by atoms with E-state index in [4.69, 9.17) is 5.73 Å². The highest BCUT2D eigenvalue weighted by molar-refractivity contribution is 7.23. The molecule has 0 unspecified atom stereocenters. The summed E-state index contributed by atoms with van der Waals surface area (Å²) in [5.41, 5.74) is 6.44. The standard InChI is InChI=1S/C24H22F2N6OS/c1-12-30-21-16(24(31-12)32-7-2-3-13(11-32)6-8-33)10-29-20(19(21)26)14-4-5-17(25)22-18(14)15(9-27)23(28)34-22/h4-5,10,13,33H,2-3,6-8,11,28H2,1H3/t13-/m1/s1. The van der Waals surface area contributed by atoms with Crippen molar-refractivity contribution in [1.29, 1.82) is 5.26 Å². The van der Waals surface area contributed by atoms with Crippen LogP contribution in [0.1, 0.15) is 30.7 Å². The predicted octanol–water partition coefficient (Wildman–Crippen LogP) is 4.55. The van der Waals surface area contributed by atoms with Crippen molar-refractivity contribution in [3.05, 3.63) is 41.4 Å². The van der Waals surface area contributed by atoms with E-state index in [9.17, 15) is 14.8 Å². The summed E-state index contributed by atoms with van der Waals surface area (Å²) in [7, 11) is 0. The summed E-state index contributed by atoms with van der Waals surface area (Å²) < 4.78 is 30.6. The van der Waals surface area contributed by atoms with Crippen LogP contribution in [0, 0.1) is 35.8 Å². The van der Waals surface area contributed by atoms with Crippen LogP contribution in [0.4, 0.5) is 19.6 Å². The van der Waals surface area contributed by atoms with Crippen LogP contribution in [-0.2, 0) is 0 Å². The quantitative estimate of drug-likeness (QED) is 0.441. The van der Waals surface area contributed by atoms with Gasteiger partial charge in [0.1, 0.15) is 39.7 Å². The lowest BCUT2D eigenvalue weighted by Crippen LogP contribution is -2.36. The molecule has 10 heteroatoms. The van der Waals surface area contributed by atoms with Crippen LogP contribution in [0.3, 0.4) is 0 Å². The number of aliphatic hydroxyl groups is 1. The first-order chi connectivity index (χ1) is 16.4. The zero-order chi connectivity index (χ0) is 24.0. The van der Waals surface area contributed by atoms with Crippen molar-refractivity contribution in [1.82, 2.24) is 15.0 Å². The number of anilines is 2. The second kappa shape index (κ2) is 8.74. The van der Waals surface area contributed by atoms with Crippen LogP contribution in [0.15, 0.2) is 18.3 Å². The number of fused-ring (bicyclic) bond motifs is 2. The number of nitrogen functional groups attached to an aromatic ring is 1. The van der Waals surface area contributed by atoms with Gasteiger partial charge >= 0.3 is 0 Å². The van der Waals surface area contributed by atoms with Gasteiger partial charge in [-0.1, -0.05) is 0 Å². The van der Waals surface area contributed by atoms with Crippen molar-refractivity contribution < 1.29 is 13.9 Å². The minimum Gasteiger partial charge on any atom is -0.396 e. The van der Waals surface area contributed by atoms with Crippen LogP contribution in [-0.4, -0.2) is 39.8 Å². The average Bonchev–Trinajstić information content (AvgIpc) is 3.17. The van der Waals surface area contributed by atoms with E-state index in [1.165, 1.54) is 18.3 Å². The molecular weight excluding hydrogens is 458 g/mol. The number of hydrogen-bond donors (Lipinski definition) is 2. The monoisotopic (exact) mass is 480 g/mol. The Morgan fingerprint density at radius 1 is 1.32 bits per heavy atom. The Morgan fingerprint density at radius 3 is 2.91 bits per heavy atom. The second-order valence-corrected chi connectivity index (χ2v) is 9.55. The maximum Gasteiger partial charge on any atom is 0.175 e. The molecule has 4 heterocycles. The largest absolute Gasteiger partial charge is 0.396 e. The minimum atomic E-state index is -0.658. The van der Waals surface area contributed by atoms with Crippen molar-refractivity contribution in [2.24, 2.45) is 5.92 Å². The maximum atomic E-state index is 15.9. The van der Waals surface area contributed by atoms with Crippen molar-refractivity contribution in [3.63, 3.8) is 0 Å². The molecule has 0 spiro atoms. The van der Waals surface area contributed by atoms with E-state index < -0.39 is 11.6 Å². The van der Waals surface area contributed by atoms with E-state index >= 15 is 4.39 Å². The Morgan fingerprint density at radius 2 is 2.15 bits per heavy atom. The van der Waals surface area contributed by atoms with Gasteiger partial charge in [0.05, 0.1) is 15.6 Å². The van der Waals surface area contributed by atoms with Crippen LogP contribution < -0.4 is 10.6 Å². The summed E-state index contributed by atoms with van der Waals surface area (Å²) in [5, 5.41) is 19.8. The fraction of sp³-hybridized carbons (Fsp3) is 0.333. The first-order valence-corrected chi connectivity index (χ1v) is 11.8. The molecule has 34 heavy (non-hydrogen) atoms. The highest BCUT2D eigenvalue weighted by Gasteiger charge is 2.26. The van der Waals surface area contributed by atoms with Crippen LogP contribution in [0.25, 0.3) is 32.2 Å². The Kier molecular flexibility index (Phi) is 5.75. The van der Waals surface area contributed by atoms with Gasteiger partial charge in [0.25, 0.3) is 0 Å². The average molecular weight is 481 g/mol. The van der Waals surface area contributed by atoms with Gasteiger partial charge in [-0.2, -0.15) is 5.26 Å². The van der Waals surface area contributed by atoms with Gasteiger partial charge in [-0.15, -0.1) is 11.3 Å². The molecule has 3 N–H and O–H groups in total. The fourth-order valence-corrected chi connectivity index (χ4v) is 5.70. The normalized spacial score (nSPS) is 16.3. The Balaban J connectivity index is 1.69. The van der Waals surface area contributed by atoms with Gasteiger partial charge in [0.15, 0.2) is 5.82 Å². The maximum absolute atomic E-state index is 15.9. The molecule has 3 aromatic heterocycles. The highest BCUT2D eigenvalue weighted by Crippen LogP contribution is 2.42. The summed E-state index contributed by atoms with van der Waals surface area (Å²) in [4.78, 5) is 15.5. The highest BCUT2D eigenvalue weighted by atomic mass is 32.1. The molecule has 1 aromatic carbocycles. The summed E-state index contributed by atoms with van der Waals surface area (Å²) in [6.07, 6.45) is 4.23. The molecule has 1 fully saturated rings. The molecule has 0 bridgehead atoms. The number of thiophene rings is 1. The number of piperidine rings is 1. The van der Waals surface area contributed by atoms with Gasteiger partial charge < -0.3 is 15.7 Å². The molecular formula is C24H22F2N6OS. The molecule has 0 aliphatic carbocycles. The van der Waals surface area contributed by atoms with Crippen molar-refractivity contribution >= 4 is 43.1 Å². The van der Waals surface area contributed by atoms with E-state index in [0.717, 1.165) is 30.7 Å². The Labute approximate surface area is 198 Å². The van der Waals surface area contributed by atoms with Gasteiger partial charge in [-0.25, -0.2) is 18.7 Å².